The average molecular weight is 241 g/mol. The van der Waals surface area contributed by atoms with Crippen LogP contribution in [0.4, 0.5) is 10.1 Å². The van der Waals surface area contributed by atoms with E-state index in [9.17, 15) is 4.39 Å². The maximum absolute atomic E-state index is 12.7. The molecule has 2 aromatic carbocycles. The molecule has 1 fully saturated rings. The van der Waals surface area contributed by atoms with Crippen molar-refractivity contribution in [2.45, 2.75) is 25.3 Å². The Hall–Kier alpha value is -1.83. The lowest BCUT2D eigenvalue weighted by atomic mass is 10.1. The third-order valence-corrected chi connectivity index (χ3v) is 3.37. The van der Waals surface area contributed by atoms with Gasteiger partial charge >= 0.3 is 0 Å². The van der Waals surface area contributed by atoms with E-state index in [4.69, 9.17) is 0 Å². The second-order valence-electron chi connectivity index (χ2n) is 4.88. The molecule has 3 rings (SSSR count). The second kappa shape index (κ2) is 4.81. The van der Waals surface area contributed by atoms with Crippen LogP contribution in [0.5, 0.6) is 0 Å². The van der Waals surface area contributed by atoms with Crippen molar-refractivity contribution < 1.29 is 4.39 Å². The average Bonchev–Trinajstić information content (AvgIpc) is 3.23. The fourth-order valence-electron chi connectivity index (χ4n) is 2.10. The maximum atomic E-state index is 12.7. The van der Waals surface area contributed by atoms with Gasteiger partial charge in [0.25, 0.3) is 0 Å². The van der Waals surface area contributed by atoms with Crippen LogP contribution in [0.3, 0.4) is 0 Å². The summed E-state index contributed by atoms with van der Waals surface area (Å²) in [5.41, 5.74) is 3.66. The number of rotatable bonds is 4. The standard InChI is InChI=1S/C16H16FN/c17-15-7-9-16(10-8-15)18-11-12-1-3-13(4-2-12)14-5-6-14/h1-4,7-10,14,18H,5-6,11H2. The number of anilines is 1. The highest BCUT2D eigenvalue weighted by atomic mass is 19.1. The molecule has 2 aromatic rings. The summed E-state index contributed by atoms with van der Waals surface area (Å²) in [6.45, 7) is 0.774. The van der Waals surface area contributed by atoms with E-state index in [1.165, 1.54) is 36.1 Å². The molecule has 0 radical (unpaired) electrons. The van der Waals surface area contributed by atoms with Crippen LogP contribution in [0.1, 0.15) is 29.9 Å². The molecule has 0 unspecified atom stereocenters. The zero-order valence-electron chi connectivity index (χ0n) is 10.2. The first-order valence-corrected chi connectivity index (χ1v) is 6.39. The Morgan fingerprint density at radius 1 is 0.944 bits per heavy atom. The molecule has 0 spiro atoms. The first-order chi connectivity index (χ1) is 8.81. The van der Waals surface area contributed by atoms with E-state index in [-0.39, 0.29) is 5.82 Å². The van der Waals surface area contributed by atoms with Crippen molar-refractivity contribution in [1.82, 2.24) is 0 Å². The van der Waals surface area contributed by atoms with Gasteiger partial charge in [-0.1, -0.05) is 24.3 Å². The Morgan fingerprint density at radius 3 is 2.22 bits per heavy atom. The van der Waals surface area contributed by atoms with Crippen LogP contribution in [0, 0.1) is 5.82 Å². The molecule has 0 amide bonds. The number of hydrogen-bond acceptors (Lipinski definition) is 1. The van der Waals surface area contributed by atoms with Crippen molar-refractivity contribution in [3.05, 3.63) is 65.5 Å². The summed E-state index contributed by atoms with van der Waals surface area (Å²) < 4.78 is 12.7. The van der Waals surface area contributed by atoms with Crippen molar-refractivity contribution in [1.29, 1.82) is 0 Å². The van der Waals surface area contributed by atoms with E-state index in [1.807, 2.05) is 0 Å². The van der Waals surface area contributed by atoms with Crippen LogP contribution in [-0.4, -0.2) is 0 Å². The Bertz CT molecular complexity index is 512. The monoisotopic (exact) mass is 241 g/mol. The molecule has 2 heteroatoms. The van der Waals surface area contributed by atoms with Crippen LogP contribution in [0.15, 0.2) is 48.5 Å². The quantitative estimate of drug-likeness (QED) is 0.840. The third-order valence-electron chi connectivity index (χ3n) is 3.37. The fraction of sp³-hybridized carbons (Fsp3) is 0.250. The van der Waals surface area contributed by atoms with Crippen molar-refractivity contribution in [2.75, 3.05) is 5.32 Å². The minimum atomic E-state index is -0.200. The van der Waals surface area contributed by atoms with Crippen molar-refractivity contribution in [3.8, 4) is 0 Å². The smallest absolute Gasteiger partial charge is 0.123 e. The predicted molar refractivity (Wildman–Crippen MR) is 72.1 cm³/mol. The van der Waals surface area contributed by atoms with Gasteiger partial charge in [-0.2, -0.15) is 0 Å². The van der Waals surface area contributed by atoms with Gasteiger partial charge in [0.05, 0.1) is 0 Å². The topological polar surface area (TPSA) is 12.0 Å². The molecule has 0 aliphatic heterocycles. The highest BCUT2D eigenvalue weighted by Crippen LogP contribution is 2.39. The largest absolute Gasteiger partial charge is 0.381 e. The molecule has 1 nitrogen and oxygen atoms in total. The van der Waals surface area contributed by atoms with Crippen LogP contribution < -0.4 is 5.32 Å². The summed E-state index contributed by atoms with van der Waals surface area (Å²) in [5.74, 6) is 0.610. The second-order valence-corrected chi connectivity index (χ2v) is 4.88. The highest BCUT2D eigenvalue weighted by Gasteiger charge is 2.22. The van der Waals surface area contributed by atoms with Gasteiger partial charge in [-0.15, -0.1) is 0 Å². The van der Waals surface area contributed by atoms with Crippen LogP contribution >= 0.6 is 0 Å². The van der Waals surface area contributed by atoms with Crippen molar-refractivity contribution >= 4 is 5.69 Å². The van der Waals surface area contributed by atoms with Crippen LogP contribution in [-0.2, 0) is 6.54 Å². The Morgan fingerprint density at radius 2 is 1.61 bits per heavy atom. The SMILES string of the molecule is Fc1ccc(NCc2ccc(C3CC3)cc2)cc1. The van der Waals surface area contributed by atoms with E-state index < -0.39 is 0 Å². The Kier molecular flexibility index (Phi) is 3.01. The minimum absolute atomic E-state index is 0.200. The maximum Gasteiger partial charge on any atom is 0.123 e. The molecule has 1 saturated carbocycles. The van der Waals surface area contributed by atoms with Gasteiger partial charge in [0.2, 0.25) is 0 Å². The molecule has 1 aliphatic rings. The van der Waals surface area contributed by atoms with Gasteiger partial charge in [0, 0.05) is 12.2 Å². The number of hydrogen-bond donors (Lipinski definition) is 1. The third kappa shape index (κ3) is 2.70. The van der Waals surface area contributed by atoms with Gasteiger partial charge in [0.15, 0.2) is 0 Å². The predicted octanol–water partition coefficient (Wildman–Crippen LogP) is 4.32. The summed E-state index contributed by atoms with van der Waals surface area (Å²) in [6, 6.07) is 15.2. The van der Waals surface area contributed by atoms with E-state index in [0.29, 0.717) is 0 Å². The fourth-order valence-corrected chi connectivity index (χ4v) is 2.10. The lowest BCUT2D eigenvalue weighted by molar-refractivity contribution is 0.628. The molecule has 0 aromatic heterocycles. The summed E-state index contributed by atoms with van der Waals surface area (Å²) in [5, 5.41) is 3.29. The zero-order chi connectivity index (χ0) is 12.4. The minimum Gasteiger partial charge on any atom is -0.381 e. The Balaban J connectivity index is 1.60. The summed E-state index contributed by atoms with van der Waals surface area (Å²) in [4.78, 5) is 0. The summed E-state index contributed by atoms with van der Waals surface area (Å²) >= 11 is 0. The zero-order valence-corrected chi connectivity index (χ0v) is 10.2. The molecule has 0 heterocycles. The molecule has 18 heavy (non-hydrogen) atoms. The summed E-state index contributed by atoms with van der Waals surface area (Å²) in [7, 11) is 0. The van der Waals surface area contributed by atoms with Gasteiger partial charge in [-0.3, -0.25) is 0 Å². The van der Waals surface area contributed by atoms with Gasteiger partial charge < -0.3 is 5.32 Å². The lowest BCUT2D eigenvalue weighted by Gasteiger charge is -2.07. The van der Waals surface area contributed by atoms with Crippen molar-refractivity contribution in [3.63, 3.8) is 0 Å². The molecule has 1 aliphatic carbocycles. The molecule has 0 bridgehead atoms. The normalized spacial score (nSPS) is 14.5. The van der Waals surface area contributed by atoms with Gasteiger partial charge in [0.1, 0.15) is 5.82 Å². The first kappa shape index (κ1) is 11.3. The molecule has 92 valence electrons. The van der Waals surface area contributed by atoms with Crippen LogP contribution in [0.25, 0.3) is 0 Å². The highest BCUT2D eigenvalue weighted by molar-refractivity contribution is 5.43. The first-order valence-electron chi connectivity index (χ1n) is 6.39. The van der Waals surface area contributed by atoms with Gasteiger partial charge in [-0.25, -0.2) is 4.39 Å². The molecule has 0 saturated heterocycles. The molecule has 0 atom stereocenters. The number of benzene rings is 2. The van der Waals surface area contributed by atoms with E-state index in [0.717, 1.165) is 18.2 Å². The van der Waals surface area contributed by atoms with Gasteiger partial charge in [-0.05, 0) is 54.2 Å². The van der Waals surface area contributed by atoms with E-state index in [2.05, 4.69) is 29.6 Å². The summed E-state index contributed by atoms with van der Waals surface area (Å²) in [6.07, 6.45) is 2.68. The number of halogens is 1. The molecular formula is C16H16FN. The van der Waals surface area contributed by atoms with Crippen LogP contribution in [0.2, 0.25) is 0 Å². The van der Waals surface area contributed by atoms with E-state index in [1.54, 1.807) is 12.1 Å². The molecule has 1 N–H and O–H groups in total. The molecular weight excluding hydrogens is 225 g/mol. The Labute approximate surface area is 107 Å². The number of nitrogens with one attached hydrogen (secondary N) is 1. The van der Waals surface area contributed by atoms with Crippen molar-refractivity contribution in [2.24, 2.45) is 0 Å². The lowest BCUT2D eigenvalue weighted by Crippen LogP contribution is -1.99. The van der Waals surface area contributed by atoms with E-state index >= 15 is 0 Å².